The Kier molecular flexibility index (Phi) is 7.04. The summed E-state index contributed by atoms with van der Waals surface area (Å²) in [4.78, 5) is 15.3. The normalized spacial score (nSPS) is 13.2. The molecule has 1 aliphatic heterocycles. The van der Waals surface area contributed by atoms with Crippen molar-refractivity contribution in [1.29, 1.82) is 0 Å². The van der Waals surface area contributed by atoms with Crippen molar-refractivity contribution in [3.63, 3.8) is 0 Å². The van der Waals surface area contributed by atoms with E-state index in [1.165, 1.54) is 15.4 Å². The number of benzene rings is 4. The van der Waals surface area contributed by atoms with Gasteiger partial charge in [0.15, 0.2) is 0 Å². The molecule has 0 aromatic heterocycles. The van der Waals surface area contributed by atoms with Gasteiger partial charge in [-0.3, -0.25) is 9.10 Å². The molecule has 7 heteroatoms. The number of sulfonamides is 1. The van der Waals surface area contributed by atoms with Crippen molar-refractivity contribution < 1.29 is 13.2 Å². The van der Waals surface area contributed by atoms with Crippen molar-refractivity contribution in [2.75, 3.05) is 10.8 Å². The minimum atomic E-state index is -3.86. The van der Waals surface area contributed by atoms with E-state index in [-0.39, 0.29) is 17.3 Å². The second-order valence-electron chi connectivity index (χ2n) is 9.20. The lowest BCUT2D eigenvalue weighted by atomic mass is 9.99. The molecule has 5 nitrogen and oxygen atoms in total. The van der Waals surface area contributed by atoms with Crippen LogP contribution in [0, 0.1) is 6.92 Å². The molecule has 188 valence electrons. The summed E-state index contributed by atoms with van der Waals surface area (Å²) in [7, 11) is -3.86. The van der Waals surface area contributed by atoms with E-state index in [1.807, 2.05) is 42.2 Å². The Morgan fingerprint density at radius 3 is 2.30 bits per heavy atom. The maximum Gasteiger partial charge on any atom is 0.264 e. The van der Waals surface area contributed by atoms with E-state index in [0.717, 1.165) is 17.5 Å². The topological polar surface area (TPSA) is 57.7 Å². The van der Waals surface area contributed by atoms with Gasteiger partial charge in [0.05, 0.1) is 17.1 Å². The summed E-state index contributed by atoms with van der Waals surface area (Å²) in [5.74, 6) is -0.0273. The van der Waals surface area contributed by atoms with E-state index < -0.39 is 10.0 Å². The summed E-state index contributed by atoms with van der Waals surface area (Å²) >= 11 is 6.26. The lowest BCUT2D eigenvalue weighted by molar-refractivity contribution is 0.0734. The summed E-state index contributed by atoms with van der Waals surface area (Å²) in [5, 5.41) is 0.456. The molecular formula is C30H27ClN2O3S. The highest BCUT2D eigenvalue weighted by Crippen LogP contribution is 2.31. The predicted octanol–water partition coefficient (Wildman–Crippen LogP) is 6.24. The molecule has 0 atom stereocenters. The number of hydrogen-bond donors (Lipinski definition) is 0. The molecule has 5 rings (SSSR count). The van der Waals surface area contributed by atoms with E-state index in [9.17, 15) is 13.2 Å². The molecule has 4 aromatic carbocycles. The van der Waals surface area contributed by atoms with Crippen LogP contribution in [-0.4, -0.2) is 25.8 Å². The lowest BCUT2D eigenvalue weighted by Gasteiger charge is -2.29. The molecule has 0 aliphatic carbocycles. The zero-order valence-corrected chi connectivity index (χ0v) is 22.0. The average Bonchev–Trinajstić information content (AvgIpc) is 2.93. The highest BCUT2D eigenvalue weighted by atomic mass is 35.5. The number of nitrogens with zero attached hydrogens (tertiary/aromatic N) is 2. The van der Waals surface area contributed by atoms with Gasteiger partial charge < -0.3 is 4.90 Å². The third-order valence-electron chi connectivity index (χ3n) is 6.72. The molecule has 1 aliphatic rings. The van der Waals surface area contributed by atoms with Crippen molar-refractivity contribution in [3.05, 3.63) is 130 Å². The van der Waals surface area contributed by atoms with E-state index >= 15 is 0 Å². The van der Waals surface area contributed by atoms with Crippen LogP contribution >= 0.6 is 11.6 Å². The Morgan fingerprint density at radius 2 is 1.57 bits per heavy atom. The third kappa shape index (κ3) is 5.26. The SMILES string of the molecule is Cc1ccc(Cl)cc1N(Cc1ccc(C(=O)N2CCc3ccccc3C2)cc1)S(=O)(=O)c1ccccc1. The van der Waals surface area contributed by atoms with E-state index in [1.54, 1.807) is 54.6 Å². The van der Waals surface area contributed by atoms with Crippen LogP contribution in [0.5, 0.6) is 0 Å². The zero-order valence-electron chi connectivity index (χ0n) is 20.5. The van der Waals surface area contributed by atoms with E-state index in [4.69, 9.17) is 11.6 Å². The van der Waals surface area contributed by atoms with Crippen molar-refractivity contribution >= 4 is 33.2 Å². The largest absolute Gasteiger partial charge is 0.334 e. The summed E-state index contributed by atoms with van der Waals surface area (Å²) in [6.45, 7) is 3.23. The molecule has 4 aromatic rings. The second-order valence-corrected chi connectivity index (χ2v) is 11.5. The molecule has 0 N–H and O–H groups in total. The summed E-state index contributed by atoms with van der Waals surface area (Å²) in [6.07, 6.45) is 0.839. The first-order valence-electron chi connectivity index (χ1n) is 12.1. The van der Waals surface area contributed by atoms with Crippen LogP contribution in [0.4, 0.5) is 5.69 Å². The van der Waals surface area contributed by atoms with Crippen molar-refractivity contribution in [2.45, 2.75) is 31.3 Å². The molecule has 1 heterocycles. The molecule has 0 unspecified atom stereocenters. The van der Waals surface area contributed by atoms with Gasteiger partial charge >= 0.3 is 0 Å². The highest BCUT2D eigenvalue weighted by Gasteiger charge is 2.27. The molecule has 37 heavy (non-hydrogen) atoms. The average molecular weight is 531 g/mol. The fraction of sp³-hybridized carbons (Fsp3) is 0.167. The number of carbonyl (C=O) groups excluding carboxylic acids is 1. The molecular weight excluding hydrogens is 504 g/mol. The van der Waals surface area contributed by atoms with Crippen LogP contribution in [0.15, 0.2) is 102 Å². The Hall–Kier alpha value is -3.61. The molecule has 0 radical (unpaired) electrons. The van der Waals surface area contributed by atoms with E-state index in [0.29, 0.717) is 29.4 Å². The Labute approximate surface area is 223 Å². The summed E-state index contributed by atoms with van der Waals surface area (Å²) < 4.78 is 28.8. The minimum Gasteiger partial charge on any atom is -0.334 e. The van der Waals surface area contributed by atoms with Crippen LogP contribution in [0.25, 0.3) is 0 Å². The standard InChI is InChI=1S/C30H27ClN2O3S/c1-22-11-16-27(31)19-29(22)33(37(35,36)28-9-3-2-4-10-28)20-23-12-14-25(15-13-23)30(34)32-18-17-24-7-5-6-8-26(24)21-32/h2-16,19H,17-18,20-21H2,1H3. The Bertz CT molecular complexity index is 1540. The summed E-state index contributed by atoms with van der Waals surface area (Å²) in [5.41, 5.74) is 5.12. The quantitative estimate of drug-likeness (QED) is 0.296. The number of carbonyl (C=O) groups is 1. The first-order chi connectivity index (χ1) is 17.8. The Balaban J connectivity index is 1.41. The van der Waals surface area contributed by atoms with Gasteiger partial charge in [-0.25, -0.2) is 8.42 Å². The van der Waals surface area contributed by atoms with Gasteiger partial charge in [0.25, 0.3) is 15.9 Å². The predicted molar refractivity (Wildman–Crippen MR) is 147 cm³/mol. The van der Waals surface area contributed by atoms with Gasteiger partial charge in [-0.05, 0) is 72.0 Å². The highest BCUT2D eigenvalue weighted by molar-refractivity contribution is 7.92. The van der Waals surface area contributed by atoms with Gasteiger partial charge in [-0.2, -0.15) is 0 Å². The first-order valence-corrected chi connectivity index (χ1v) is 13.9. The molecule has 0 fully saturated rings. The summed E-state index contributed by atoms with van der Waals surface area (Å²) in [6, 6.07) is 29.0. The third-order valence-corrected chi connectivity index (χ3v) is 8.73. The van der Waals surface area contributed by atoms with Crippen LogP contribution in [0.2, 0.25) is 5.02 Å². The first kappa shape index (κ1) is 25.1. The van der Waals surface area contributed by atoms with E-state index in [2.05, 4.69) is 12.1 Å². The maximum absolute atomic E-state index is 13.7. The van der Waals surface area contributed by atoms with Crippen LogP contribution in [-0.2, 0) is 29.5 Å². The van der Waals surface area contributed by atoms with Crippen molar-refractivity contribution in [2.24, 2.45) is 0 Å². The smallest absolute Gasteiger partial charge is 0.264 e. The second kappa shape index (κ2) is 10.4. The zero-order chi connectivity index (χ0) is 26.0. The molecule has 0 bridgehead atoms. The maximum atomic E-state index is 13.7. The van der Waals surface area contributed by atoms with Gasteiger partial charge in [0.1, 0.15) is 0 Å². The minimum absolute atomic E-state index is 0.0273. The van der Waals surface area contributed by atoms with Crippen LogP contribution < -0.4 is 4.31 Å². The number of aryl methyl sites for hydroxylation is 1. The number of anilines is 1. The van der Waals surface area contributed by atoms with Crippen LogP contribution in [0.3, 0.4) is 0 Å². The molecule has 1 amide bonds. The number of hydrogen-bond acceptors (Lipinski definition) is 3. The number of fused-ring (bicyclic) bond motifs is 1. The van der Waals surface area contributed by atoms with Gasteiger partial charge in [-0.15, -0.1) is 0 Å². The van der Waals surface area contributed by atoms with Gasteiger partial charge in [-0.1, -0.05) is 72.3 Å². The number of amides is 1. The van der Waals surface area contributed by atoms with Crippen LogP contribution in [0.1, 0.15) is 32.6 Å². The number of rotatable bonds is 6. The van der Waals surface area contributed by atoms with Gasteiger partial charge in [0, 0.05) is 23.7 Å². The van der Waals surface area contributed by atoms with Crippen molar-refractivity contribution in [3.8, 4) is 0 Å². The van der Waals surface area contributed by atoms with Crippen molar-refractivity contribution in [1.82, 2.24) is 4.90 Å². The lowest BCUT2D eigenvalue weighted by Crippen LogP contribution is -2.36. The monoisotopic (exact) mass is 530 g/mol. The molecule has 0 spiro atoms. The number of halogens is 1. The Morgan fingerprint density at radius 1 is 0.892 bits per heavy atom. The van der Waals surface area contributed by atoms with Gasteiger partial charge in [0.2, 0.25) is 0 Å². The fourth-order valence-electron chi connectivity index (χ4n) is 4.64. The fourth-order valence-corrected chi connectivity index (χ4v) is 6.34. The molecule has 0 saturated carbocycles. The molecule has 0 saturated heterocycles.